The molecule has 4 aromatic rings. The van der Waals surface area contributed by atoms with E-state index in [4.69, 9.17) is 16.3 Å². The Morgan fingerprint density at radius 3 is 2.51 bits per heavy atom. The summed E-state index contributed by atoms with van der Waals surface area (Å²) in [6.07, 6.45) is 9.44. The second kappa shape index (κ2) is 15.1. The van der Waals surface area contributed by atoms with Crippen LogP contribution < -0.4 is 20.9 Å². The third-order valence-electron chi connectivity index (χ3n) is 11.0. The number of aryl methyl sites for hydroxylation is 1. The van der Waals surface area contributed by atoms with Gasteiger partial charge in [-0.3, -0.25) is 29.7 Å². The zero-order valence-corrected chi connectivity index (χ0v) is 29.9. The van der Waals surface area contributed by atoms with E-state index >= 15 is 4.39 Å². The molecule has 5 heterocycles. The molecule has 0 saturated carbocycles. The summed E-state index contributed by atoms with van der Waals surface area (Å²) in [6.45, 7) is 5.68. The maximum absolute atomic E-state index is 15.2. The van der Waals surface area contributed by atoms with E-state index in [1.54, 1.807) is 24.9 Å². The Morgan fingerprint density at radius 1 is 1.02 bits per heavy atom. The zero-order chi connectivity index (χ0) is 35.6. The molecule has 270 valence electrons. The fourth-order valence-corrected chi connectivity index (χ4v) is 8.22. The number of pyridine rings is 1. The number of carbonyl (C=O) groups excluding carboxylic acids is 2. The van der Waals surface area contributed by atoms with Crippen molar-refractivity contribution in [3.63, 3.8) is 0 Å². The molecule has 0 aliphatic carbocycles. The summed E-state index contributed by atoms with van der Waals surface area (Å²) in [5, 5.41) is 13.7. The first kappa shape index (κ1) is 35.2. The highest BCUT2D eigenvalue weighted by atomic mass is 35.5. The summed E-state index contributed by atoms with van der Waals surface area (Å²) in [6, 6.07) is 8.58. The van der Waals surface area contributed by atoms with Crippen molar-refractivity contribution in [2.75, 3.05) is 45.2 Å². The lowest BCUT2D eigenvalue weighted by atomic mass is 9.88. The van der Waals surface area contributed by atoms with Gasteiger partial charge in [0.15, 0.2) is 0 Å². The van der Waals surface area contributed by atoms with Gasteiger partial charge in [0, 0.05) is 53.4 Å². The molecule has 11 nitrogen and oxygen atoms in total. The van der Waals surface area contributed by atoms with Crippen molar-refractivity contribution in [1.82, 2.24) is 29.9 Å². The number of nitrogens with one attached hydrogen (secondary N) is 3. The van der Waals surface area contributed by atoms with Gasteiger partial charge in [-0.05, 0) is 118 Å². The van der Waals surface area contributed by atoms with Crippen molar-refractivity contribution in [3.8, 4) is 16.9 Å². The van der Waals surface area contributed by atoms with Crippen molar-refractivity contribution in [2.24, 2.45) is 13.0 Å². The van der Waals surface area contributed by atoms with Crippen LogP contribution in [0.15, 0.2) is 47.5 Å². The molecule has 2 amide bonds. The summed E-state index contributed by atoms with van der Waals surface area (Å²) < 4.78 is 22.6. The lowest BCUT2D eigenvalue weighted by Gasteiger charge is -2.36. The Hall–Kier alpha value is -4.26. The number of methoxy groups -OCH3 is 1. The summed E-state index contributed by atoms with van der Waals surface area (Å²) in [4.78, 5) is 41.0. The summed E-state index contributed by atoms with van der Waals surface area (Å²) in [5.74, 6) is 0.706. The van der Waals surface area contributed by atoms with Gasteiger partial charge >= 0.3 is 0 Å². The predicted molar refractivity (Wildman–Crippen MR) is 196 cm³/mol. The molecule has 51 heavy (non-hydrogen) atoms. The van der Waals surface area contributed by atoms with E-state index in [-0.39, 0.29) is 35.5 Å². The lowest BCUT2D eigenvalue weighted by Crippen LogP contribution is -2.47. The van der Waals surface area contributed by atoms with Gasteiger partial charge in [-0.25, -0.2) is 4.39 Å². The third-order valence-corrected chi connectivity index (χ3v) is 11.4. The molecule has 13 heteroatoms. The molecule has 0 radical (unpaired) electrons. The average Bonchev–Trinajstić information content (AvgIpc) is 3.62. The number of aromatic nitrogens is 3. The molecule has 0 spiro atoms. The minimum absolute atomic E-state index is 0.132. The van der Waals surface area contributed by atoms with Crippen molar-refractivity contribution in [3.05, 3.63) is 75.0 Å². The Bertz CT molecular complexity index is 1980. The SMILES string of the molecule is COc1cc(-c2cn(C)c(=O)c3[nH]ncc23)cc(Cl)c1CN1CCC(CCN2CCC(c3ccc(NC4CCC(=O)NC4=O)cc3F)CC2)CC1. The number of benzene rings is 2. The Morgan fingerprint density at radius 2 is 1.78 bits per heavy atom. The second-order valence-electron chi connectivity index (χ2n) is 14.3. The fourth-order valence-electron chi connectivity index (χ4n) is 7.95. The molecule has 3 N–H and O–H groups in total. The number of hydrogen-bond acceptors (Lipinski definition) is 8. The number of piperidine rings is 3. The van der Waals surface area contributed by atoms with E-state index in [1.165, 1.54) is 6.07 Å². The number of halogens is 2. The topological polar surface area (TPSA) is 125 Å². The number of nitrogens with zero attached hydrogens (tertiary/aromatic N) is 4. The standard InChI is InChI=1S/C38H45ClFN7O4/c1-45-21-29(28-20-41-44-36(28)38(45)50)25-17-31(39)30(34(18-25)51-2)22-47-13-8-23(9-14-47)7-12-46-15-10-24(11-16-46)27-4-3-26(19-32(27)40)42-33-5-6-35(48)43-37(33)49/h3-4,17-21,23-24,33,42H,5-16,22H2,1-2H3,(H,41,44)(H,43,48,49). The monoisotopic (exact) mass is 717 g/mol. The minimum Gasteiger partial charge on any atom is -0.496 e. The van der Waals surface area contributed by atoms with E-state index in [0.717, 1.165) is 98.2 Å². The molecule has 2 aromatic heterocycles. The van der Waals surface area contributed by atoms with Crippen molar-refractivity contribution in [2.45, 2.75) is 63.5 Å². The highest BCUT2D eigenvalue weighted by Gasteiger charge is 2.28. The molecule has 2 aromatic carbocycles. The number of ether oxygens (including phenoxy) is 1. The Balaban J connectivity index is 0.876. The molecule has 3 fully saturated rings. The number of hydrogen-bond donors (Lipinski definition) is 3. The fraction of sp³-hybridized carbons (Fsp3) is 0.474. The van der Waals surface area contributed by atoms with E-state index < -0.39 is 6.04 Å². The highest BCUT2D eigenvalue weighted by Crippen LogP contribution is 2.37. The van der Waals surface area contributed by atoms with E-state index in [9.17, 15) is 14.4 Å². The van der Waals surface area contributed by atoms with Gasteiger partial charge in [-0.1, -0.05) is 17.7 Å². The van der Waals surface area contributed by atoms with Crippen LogP contribution in [0.5, 0.6) is 5.75 Å². The van der Waals surface area contributed by atoms with E-state index in [1.807, 2.05) is 30.5 Å². The van der Waals surface area contributed by atoms with Crippen molar-refractivity contribution >= 4 is 40.0 Å². The van der Waals surface area contributed by atoms with Crippen LogP contribution in [0.1, 0.15) is 62.0 Å². The molecule has 1 atom stereocenters. The number of carbonyl (C=O) groups is 2. The molecule has 3 aliphatic rings. The van der Waals surface area contributed by atoms with E-state index in [2.05, 4.69) is 30.6 Å². The van der Waals surface area contributed by atoms with Gasteiger partial charge in [0.05, 0.1) is 13.3 Å². The number of imide groups is 1. The van der Waals surface area contributed by atoms with Crippen LogP contribution in [0.3, 0.4) is 0 Å². The quantitative estimate of drug-likeness (QED) is 0.186. The minimum atomic E-state index is -0.529. The van der Waals surface area contributed by atoms with Crippen molar-refractivity contribution < 1.29 is 18.7 Å². The van der Waals surface area contributed by atoms with Crippen LogP contribution in [-0.2, 0) is 23.2 Å². The summed E-state index contributed by atoms with van der Waals surface area (Å²) >= 11 is 6.90. The van der Waals surface area contributed by atoms with Crippen LogP contribution in [-0.4, -0.2) is 82.3 Å². The van der Waals surface area contributed by atoms with Gasteiger partial charge < -0.3 is 19.5 Å². The highest BCUT2D eigenvalue weighted by molar-refractivity contribution is 6.32. The van der Waals surface area contributed by atoms with Crippen LogP contribution >= 0.6 is 11.6 Å². The molecular formula is C38H45ClFN7O4. The van der Waals surface area contributed by atoms with Crippen LogP contribution in [0.2, 0.25) is 5.02 Å². The number of H-pyrrole nitrogens is 1. The molecule has 3 saturated heterocycles. The zero-order valence-electron chi connectivity index (χ0n) is 29.1. The summed E-state index contributed by atoms with van der Waals surface area (Å²) in [5.41, 5.74) is 4.32. The molecule has 3 aliphatic heterocycles. The number of rotatable bonds is 10. The molecule has 0 bridgehead atoms. The normalized spacial score (nSPS) is 19.8. The largest absolute Gasteiger partial charge is 0.496 e. The first-order valence-electron chi connectivity index (χ1n) is 17.9. The number of anilines is 1. The average molecular weight is 718 g/mol. The first-order chi connectivity index (χ1) is 24.7. The maximum Gasteiger partial charge on any atom is 0.276 e. The Labute approximate surface area is 301 Å². The summed E-state index contributed by atoms with van der Waals surface area (Å²) in [7, 11) is 3.39. The lowest BCUT2D eigenvalue weighted by molar-refractivity contribution is -0.133. The predicted octanol–water partition coefficient (Wildman–Crippen LogP) is 5.43. The van der Waals surface area contributed by atoms with Gasteiger partial charge in [-0.2, -0.15) is 5.10 Å². The van der Waals surface area contributed by atoms with Gasteiger partial charge in [0.2, 0.25) is 11.8 Å². The molecule has 1 unspecified atom stereocenters. The van der Waals surface area contributed by atoms with Crippen LogP contribution in [0.4, 0.5) is 10.1 Å². The number of aromatic amines is 1. The van der Waals surface area contributed by atoms with Gasteiger partial charge in [0.25, 0.3) is 5.56 Å². The second-order valence-corrected chi connectivity index (χ2v) is 14.7. The van der Waals surface area contributed by atoms with Crippen LogP contribution in [0, 0.1) is 11.7 Å². The third kappa shape index (κ3) is 7.68. The number of amides is 2. The van der Waals surface area contributed by atoms with Gasteiger partial charge in [-0.15, -0.1) is 0 Å². The molecule has 7 rings (SSSR count). The maximum atomic E-state index is 15.2. The number of likely N-dealkylation sites (tertiary alicyclic amines) is 2. The van der Waals surface area contributed by atoms with Gasteiger partial charge in [0.1, 0.15) is 23.1 Å². The first-order valence-corrected chi connectivity index (χ1v) is 18.3. The van der Waals surface area contributed by atoms with Crippen LogP contribution in [0.25, 0.3) is 22.0 Å². The number of fused-ring (bicyclic) bond motifs is 1. The van der Waals surface area contributed by atoms with Crippen molar-refractivity contribution in [1.29, 1.82) is 0 Å². The smallest absolute Gasteiger partial charge is 0.276 e. The van der Waals surface area contributed by atoms with E-state index in [0.29, 0.717) is 35.1 Å². The Kier molecular flexibility index (Phi) is 10.4. The molecular weight excluding hydrogens is 673 g/mol.